The van der Waals surface area contributed by atoms with Crippen molar-refractivity contribution in [1.82, 2.24) is 9.97 Å². The molecule has 2 aromatic carbocycles. The Balaban J connectivity index is 0.000000775. The SMILES string of the molecule is O=C(c1ncc(-c2ccccn2)o1)C1CCc2cc(-c3ccccc3)ccc2C1.O=C=O. The van der Waals surface area contributed by atoms with Crippen molar-refractivity contribution in [2.24, 2.45) is 5.92 Å². The van der Waals surface area contributed by atoms with E-state index in [9.17, 15) is 4.79 Å². The van der Waals surface area contributed by atoms with E-state index in [1.807, 2.05) is 24.3 Å². The number of hydrogen-bond donors (Lipinski definition) is 0. The summed E-state index contributed by atoms with van der Waals surface area (Å²) < 4.78 is 5.73. The van der Waals surface area contributed by atoms with Crippen LogP contribution in [0.4, 0.5) is 0 Å². The molecule has 0 N–H and O–H groups in total. The van der Waals surface area contributed by atoms with Crippen LogP contribution >= 0.6 is 0 Å². The van der Waals surface area contributed by atoms with E-state index in [-0.39, 0.29) is 23.7 Å². The van der Waals surface area contributed by atoms with Crippen molar-refractivity contribution in [3.05, 3.63) is 96.1 Å². The third kappa shape index (κ3) is 4.61. The van der Waals surface area contributed by atoms with E-state index >= 15 is 0 Å². The lowest BCUT2D eigenvalue weighted by Crippen LogP contribution is -2.23. The minimum Gasteiger partial charge on any atom is -0.432 e. The van der Waals surface area contributed by atoms with Crippen LogP contribution in [-0.2, 0) is 22.4 Å². The average molecular weight is 424 g/mol. The number of aryl methyl sites for hydroxylation is 1. The monoisotopic (exact) mass is 424 g/mol. The molecule has 0 aliphatic heterocycles. The normalized spacial score (nSPS) is 14.4. The van der Waals surface area contributed by atoms with Crippen molar-refractivity contribution in [3.8, 4) is 22.6 Å². The Bertz CT molecular complexity index is 1240. The summed E-state index contributed by atoms with van der Waals surface area (Å²) in [5.41, 5.74) is 5.70. The average Bonchev–Trinajstić information content (AvgIpc) is 3.35. The van der Waals surface area contributed by atoms with Gasteiger partial charge in [-0.15, -0.1) is 0 Å². The van der Waals surface area contributed by atoms with Gasteiger partial charge < -0.3 is 4.42 Å². The summed E-state index contributed by atoms with van der Waals surface area (Å²) in [6.45, 7) is 0. The fourth-order valence-corrected chi connectivity index (χ4v) is 3.98. The van der Waals surface area contributed by atoms with E-state index in [0.29, 0.717) is 11.5 Å². The summed E-state index contributed by atoms with van der Waals surface area (Å²) >= 11 is 0. The highest BCUT2D eigenvalue weighted by Crippen LogP contribution is 2.32. The van der Waals surface area contributed by atoms with Gasteiger partial charge in [0.05, 0.1) is 6.20 Å². The van der Waals surface area contributed by atoms with Crippen LogP contribution in [0.25, 0.3) is 22.6 Å². The molecular formula is C26H20N2O4. The first-order valence-corrected chi connectivity index (χ1v) is 10.3. The van der Waals surface area contributed by atoms with E-state index in [1.54, 1.807) is 12.4 Å². The second-order valence-electron chi connectivity index (χ2n) is 7.48. The lowest BCUT2D eigenvalue weighted by atomic mass is 9.80. The minimum absolute atomic E-state index is 0.0232. The van der Waals surface area contributed by atoms with Crippen molar-refractivity contribution >= 4 is 11.9 Å². The van der Waals surface area contributed by atoms with Crippen molar-refractivity contribution in [1.29, 1.82) is 0 Å². The third-order valence-electron chi connectivity index (χ3n) is 5.55. The summed E-state index contributed by atoms with van der Waals surface area (Å²) in [4.78, 5) is 37.7. The van der Waals surface area contributed by atoms with Gasteiger partial charge in [-0.1, -0.05) is 54.6 Å². The smallest absolute Gasteiger partial charge is 0.373 e. The highest BCUT2D eigenvalue weighted by molar-refractivity contribution is 5.94. The number of Topliss-reactive ketones (excluding diaryl/α,β-unsaturated/α-hetero) is 1. The van der Waals surface area contributed by atoms with Crippen molar-refractivity contribution in [3.63, 3.8) is 0 Å². The van der Waals surface area contributed by atoms with Gasteiger partial charge in [0, 0.05) is 12.1 Å². The Morgan fingerprint density at radius 1 is 0.906 bits per heavy atom. The first-order chi connectivity index (χ1) is 15.7. The molecule has 0 spiro atoms. The number of rotatable bonds is 4. The zero-order valence-electron chi connectivity index (χ0n) is 17.2. The number of nitrogens with zero attached hydrogens (tertiary/aromatic N) is 2. The van der Waals surface area contributed by atoms with Gasteiger partial charge in [-0.25, -0.2) is 4.98 Å². The first kappa shape index (κ1) is 21.1. The molecule has 2 aromatic heterocycles. The van der Waals surface area contributed by atoms with Crippen LogP contribution in [0.1, 0.15) is 28.2 Å². The number of hydrogen-bond acceptors (Lipinski definition) is 6. The molecule has 2 heterocycles. The number of aromatic nitrogens is 2. The van der Waals surface area contributed by atoms with Crippen LogP contribution < -0.4 is 0 Å². The largest absolute Gasteiger partial charge is 0.432 e. The number of oxazole rings is 1. The van der Waals surface area contributed by atoms with Crippen LogP contribution in [0.5, 0.6) is 0 Å². The van der Waals surface area contributed by atoms with E-state index in [0.717, 1.165) is 19.3 Å². The molecular weight excluding hydrogens is 404 g/mol. The molecule has 32 heavy (non-hydrogen) atoms. The van der Waals surface area contributed by atoms with E-state index < -0.39 is 0 Å². The lowest BCUT2D eigenvalue weighted by Gasteiger charge is -2.23. The van der Waals surface area contributed by atoms with E-state index in [2.05, 4.69) is 52.4 Å². The fraction of sp³-hybridized carbons (Fsp3) is 0.154. The topological polar surface area (TPSA) is 90.1 Å². The van der Waals surface area contributed by atoms with Crippen molar-refractivity contribution in [2.75, 3.05) is 0 Å². The predicted octanol–water partition coefficient (Wildman–Crippen LogP) is 4.81. The standard InChI is InChI=1S/C25H20N2O2.CO2/c28-24(25-27-16-23(29-25)22-8-4-5-13-26-22)21-12-11-19-14-18(9-10-20(19)15-21)17-6-2-1-3-7-17;2-1-3/h1-10,13-14,16,21H,11-12,15H2;. The molecule has 4 aromatic rings. The number of pyridine rings is 1. The molecule has 1 aliphatic rings. The maximum atomic E-state index is 13.0. The Morgan fingerprint density at radius 2 is 1.69 bits per heavy atom. The summed E-state index contributed by atoms with van der Waals surface area (Å²) in [6.07, 6.45) is 5.95. The molecule has 6 nitrogen and oxygen atoms in total. The molecule has 5 rings (SSSR count). The molecule has 0 amide bonds. The molecule has 1 aliphatic carbocycles. The fourth-order valence-electron chi connectivity index (χ4n) is 3.98. The summed E-state index contributed by atoms with van der Waals surface area (Å²) in [5, 5.41) is 0. The third-order valence-corrected chi connectivity index (χ3v) is 5.55. The van der Waals surface area contributed by atoms with Crippen LogP contribution in [0.2, 0.25) is 0 Å². The van der Waals surface area contributed by atoms with Crippen LogP contribution in [0.3, 0.4) is 0 Å². The Kier molecular flexibility index (Phi) is 6.44. The molecule has 1 atom stereocenters. The second-order valence-corrected chi connectivity index (χ2v) is 7.48. The molecule has 0 saturated heterocycles. The van der Waals surface area contributed by atoms with Gasteiger partial charge in [0.1, 0.15) is 5.69 Å². The first-order valence-electron chi connectivity index (χ1n) is 10.3. The molecule has 0 bridgehead atoms. The number of carbonyl (C=O) groups is 1. The van der Waals surface area contributed by atoms with Gasteiger partial charge in [-0.2, -0.15) is 9.59 Å². The quantitative estimate of drug-likeness (QED) is 0.437. The maximum absolute atomic E-state index is 13.0. The molecule has 1 unspecified atom stereocenters. The maximum Gasteiger partial charge on any atom is 0.373 e. The van der Waals surface area contributed by atoms with Crippen LogP contribution in [-0.4, -0.2) is 21.9 Å². The molecule has 0 saturated carbocycles. The summed E-state index contributed by atoms with van der Waals surface area (Å²) in [6, 6.07) is 22.5. The molecule has 158 valence electrons. The Hall–Kier alpha value is -4.15. The van der Waals surface area contributed by atoms with Gasteiger partial charge in [-0.3, -0.25) is 9.78 Å². The zero-order chi connectivity index (χ0) is 22.3. The van der Waals surface area contributed by atoms with E-state index in [4.69, 9.17) is 14.0 Å². The van der Waals surface area contributed by atoms with Crippen molar-refractivity contribution in [2.45, 2.75) is 19.3 Å². The highest BCUT2D eigenvalue weighted by Gasteiger charge is 2.29. The second kappa shape index (κ2) is 9.77. The summed E-state index contributed by atoms with van der Waals surface area (Å²) in [7, 11) is 0. The molecule has 0 fully saturated rings. The number of ketones is 1. The molecule has 0 radical (unpaired) electrons. The Morgan fingerprint density at radius 3 is 2.44 bits per heavy atom. The van der Waals surface area contributed by atoms with Gasteiger partial charge >= 0.3 is 6.15 Å². The predicted molar refractivity (Wildman–Crippen MR) is 116 cm³/mol. The van der Waals surface area contributed by atoms with Gasteiger partial charge in [-0.05, 0) is 53.6 Å². The lowest BCUT2D eigenvalue weighted by molar-refractivity contribution is -0.191. The van der Waals surface area contributed by atoms with Gasteiger partial charge in [0.2, 0.25) is 5.78 Å². The number of carbonyl (C=O) groups excluding carboxylic acids is 3. The number of fused-ring (bicyclic) bond motifs is 1. The zero-order valence-corrected chi connectivity index (χ0v) is 17.2. The molecule has 6 heteroatoms. The van der Waals surface area contributed by atoms with Crippen LogP contribution in [0.15, 0.2) is 83.5 Å². The summed E-state index contributed by atoms with van der Waals surface area (Å²) in [5.74, 6) is 0.586. The van der Waals surface area contributed by atoms with Crippen LogP contribution in [0, 0.1) is 5.92 Å². The number of benzene rings is 2. The Labute approximate surface area is 185 Å². The van der Waals surface area contributed by atoms with Gasteiger partial charge in [0.25, 0.3) is 5.89 Å². The highest BCUT2D eigenvalue weighted by atomic mass is 16.4. The van der Waals surface area contributed by atoms with Crippen molar-refractivity contribution < 1.29 is 18.8 Å². The van der Waals surface area contributed by atoms with Gasteiger partial charge in [0.15, 0.2) is 5.76 Å². The minimum atomic E-state index is -0.0969. The van der Waals surface area contributed by atoms with E-state index in [1.165, 1.54) is 22.3 Å².